The molecule has 9 heteroatoms. The van der Waals surface area contributed by atoms with Gasteiger partial charge in [-0.15, -0.1) is 0 Å². The number of carbonyl (C=O) groups is 1. The normalized spacial score (nSPS) is 19.9. The number of hydrogen-bond donors (Lipinski definition) is 3. The number of anilines is 1. The first-order valence-electron chi connectivity index (χ1n) is 12.2. The van der Waals surface area contributed by atoms with Crippen molar-refractivity contribution in [3.63, 3.8) is 0 Å². The van der Waals surface area contributed by atoms with Gasteiger partial charge in [0.25, 0.3) is 5.91 Å². The Morgan fingerprint density at radius 1 is 1.33 bits per heavy atom. The standard InChI is InChI=1S/C27H33ClN4O4/c1-17-13-23(25(27(33)31-17)18(2)32-22-9-6-8-21(28)26(22)34-3)30-14-19-10-11-29-15-24(19)36-16-20-7-4-5-12-35-20/h6,8-11,15,17,20,30,32H,2,4-5,7,12-14,16H2,1,3H3,(H,31,33)/t17-,20?/m1/s1. The number of carbonyl (C=O) groups excluding carboxylic acids is 1. The van der Waals surface area contributed by atoms with Crippen molar-refractivity contribution < 1.29 is 19.0 Å². The zero-order chi connectivity index (χ0) is 25.5. The molecule has 8 nitrogen and oxygen atoms in total. The lowest BCUT2D eigenvalue weighted by atomic mass is 9.99. The summed E-state index contributed by atoms with van der Waals surface area (Å²) in [6, 6.07) is 7.27. The molecular formula is C27H33ClN4O4. The molecule has 1 amide bonds. The smallest absolute Gasteiger partial charge is 0.255 e. The minimum atomic E-state index is -0.199. The second-order valence-corrected chi connectivity index (χ2v) is 9.40. The van der Waals surface area contributed by atoms with Gasteiger partial charge in [-0.1, -0.05) is 24.2 Å². The van der Waals surface area contributed by atoms with E-state index in [4.69, 9.17) is 25.8 Å². The van der Waals surface area contributed by atoms with Crippen LogP contribution in [0.5, 0.6) is 11.5 Å². The molecule has 2 atom stereocenters. The third-order valence-electron chi connectivity index (χ3n) is 6.24. The fourth-order valence-electron chi connectivity index (χ4n) is 4.42. The number of aromatic nitrogens is 1. The molecule has 0 spiro atoms. The van der Waals surface area contributed by atoms with E-state index in [9.17, 15) is 4.79 Å². The second-order valence-electron chi connectivity index (χ2n) is 8.99. The number of pyridine rings is 1. The van der Waals surface area contributed by atoms with Crippen molar-refractivity contribution in [2.75, 3.05) is 25.6 Å². The van der Waals surface area contributed by atoms with Gasteiger partial charge in [0.05, 0.1) is 35.7 Å². The van der Waals surface area contributed by atoms with Crippen LogP contribution in [0.3, 0.4) is 0 Å². The molecule has 1 unspecified atom stereocenters. The lowest BCUT2D eigenvalue weighted by molar-refractivity contribution is -0.118. The van der Waals surface area contributed by atoms with E-state index in [0.717, 1.165) is 37.1 Å². The summed E-state index contributed by atoms with van der Waals surface area (Å²) in [5.74, 6) is 0.992. The van der Waals surface area contributed by atoms with Crippen LogP contribution in [0, 0.1) is 0 Å². The highest BCUT2D eigenvalue weighted by atomic mass is 35.5. The number of nitrogens with zero attached hydrogens (tertiary/aromatic N) is 1. The van der Waals surface area contributed by atoms with Gasteiger partial charge in [0.2, 0.25) is 0 Å². The number of ether oxygens (including phenoxy) is 3. The second kappa shape index (κ2) is 12.1. The highest BCUT2D eigenvalue weighted by molar-refractivity contribution is 6.32. The maximum absolute atomic E-state index is 13.0. The number of halogens is 1. The van der Waals surface area contributed by atoms with Crippen LogP contribution in [0.15, 0.2) is 60.2 Å². The zero-order valence-electron chi connectivity index (χ0n) is 20.7. The molecule has 2 aliphatic rings. The summed E-state index contributed by atoms with van der Waals surface area (Å²) in [4.78, 5) is 17.2. The molecule has 3 N–H and O–H groups in total. The Kier molecular flexibility index (Phi) is 8.72. The van der Waals surface area contributed by atoms with Crippen molar-refractivity contribution in [2.24, 2.45) is 0 Å². The Balaban J connectivity index is 1.51. The fraction of sp³-hybridized carbons (Fsp3) is 0.407. The number of methoxy groups -OCH3 is 1. The van der Waals surface area contributed by atoms with E-state index in [1.165, 1.54) is 0 Å². The van der Waals surface area contributed by atoms with Crippen molar-refractivity contribution in [2.45, 2.75) is 51.3 Å². The predicted molar refractivity (Wildman–Crippen MR) is 140 cm³/mol. The first-order valence-corrected chi connectivity index (χ1v) is 12.6. The van der Waals surface area contributed by atoms with Crippen LogP contribution in [0.2, 0.25) is 5.02 Å². The first-order chi connectivity index (χ1) is 17.5. The number of para-hydroxylation sites is 1. The van der Waals surface area contributed by atoms with E-state index in [1.54, 1.807) is 31.6 Å². The molecular weight excluding hydrogens is 480 g/mol. The molecule has 1 saturated heterocycles. The van der Waals surface area contributed by atoms with E-state index in [0.29, 0.717) is 53.1 Å². The van der Waals surface area contributed by atoms with Gasteiger partial charge in [-0.2, -0.15) is 0 Å². The molecule has 1 fully saturated rings. The van der Waals surface area contributed by atoms with Crippen molar-refractivity contribution in [3.8, 4) is 11.5 Å². The minimum absolute atomic E-state index is 0.0196. The Labute approximate surface area is 217 Å². The van der Waals surface area contributed by atoms with Crippen LogP contribution in [-0.2, 0) is 16.1 Å². The van der Waals surface area contributed by atoms with Crippen LogP contribution in [-0.4, -0.2) is 43.4 Å². The predicted octanol–water partition coefficient (Wildman–Crippen LogP) is 4.57. The van der Waals surface area contributed by atoms with Crippen LogP contribution >= 0.6 is 11.6 Å². The van der Waals surface area contributed by atoms with E-state index < -0.39 is 0 Å². The monoisotopic (exact) mass is 512 g/mol. The van der Waals surface area contributed by atoms with Gasteiger partial charge in [-0.25, -0.2) is 0 Å². The Morgan fingerprint density at radius 2 is 2.19 bits per heavy atom. The molecule has 192 valence electrons. The summed E-state index contributed by atoms with van der Waals surface area (Å²) in [6.07, 6.45) is 7.46. The van der Waals surface area contributed by atoms with Crippen LogP contribution < -0.4 is 25.4 Å². The third-order valence-corrected chi connectivity index (χ3v) is 6.53. The number of benzene rings is 1. The minimum Gasteiger partial charge on any atom is -0.493 e. The highest BCUT2D eigenvalue weighted by Crippen LogP contribution is 2.34. The molecule has 0 saturated carbocycles. The summed E-state index contributed by atoms with van der Waals surface area (Å²) >= 11 is 6.26. The molecule has 1 aromatic heterocycles. The quantitative estimate of drug-likeness (QED) is 0.429. The molecule has 0 aliphatic carbocycles. The van der Waals surface area contributed by atoms with Gasteiger partial charge >= 0.3 is 0 Å². The summed E-state index contributed by atoms with van der Waals surface area (Å²) in [5, 5.41) is 10.1. The molecule has 0 radical (unpaired) electrons. The largest absolute Gasteiger partial charge is 0.493 e. The lowest BCUT2D eigenvalue weighted by Crippen LogP contribution is -2.42. The average Bonchev–Trinajstić information content (AvgIpc) is 2.87. The number of rotatable bonds is 10. The van der Waals surface area contributed by atoms with E-state index in [1.807, 2.05) is 19.1 Å². The van der Waals surface area contributed by atoms with Crippen LogP contribution in [0.4, 0.5) is 5.69 Å². The molecule has 36 heavy (non-hydrogen) atoms. The van der Waals surface area contributed by atoms with Gasteiger partial charge in [-0.05, 0) is 44.4 Å². The maximum atomic E-state index is 13.0. The summed E-state index contributed by atoms with van der Waals surface area (Å²) in [6.45, 7) is 7.86. The van der Waals surface area contributed by atoms with E-state index in [2.05, 4.69) is 27.5 Å². The third kappa shape index (κ3) is 6.30. The molecule has 3 heterocycles. The van der Waals surface area contributed by atoms with Crippen molar-refractivity contribution in [1.29, 1.82) is 0 Å². The Hall–Kier alpha value is -3.23. The number of amides is 1. The van der Waals surface area contributed by atoms with Crippen molar-refractivity contribution in [3.05, 3.63) is 70.8 Å². The van der Waals surface area contributed by atoms with E-state index in [-0.39, 0.29) is 18.1 Å². The summed E-state index contributed by atoms with van der Waals surface area (Å²) in [5.41, 5.74) is 3.28. The van der Waals surface area contributed by atoms with Gasteiger partial charge in [-0.3, -0.25) is 9.78 Å². The average molecular weight is 513 g/mol. The van der Waals surface area contributed by atoms with Gasteiger partial charge < -0.3 is 30.2 Å². The SMILES string of the molecule is C=C(Nc1cccc(Cl)c1OC)C1=C(NCc2ccncc2OCC2CCCCO2)C[C@@H](C)NC1=O. The Bertz CT molecular complexity index is 1130. The van der Waals surface area contributed by atoms with Gasteiger partial charge in [0.15, 0.2) is 5.75 Å². The van der Waals surface area contributed by atoms with E-state index >= 15 is 0 Å². The topological polar surface area (TPSA) is 93.7 Å². The molecule has 2 aliphatic heterocycles. The summed E-state index contributed by atoms with van der Waals surface area (Å²) in [7, 11) is 1.55. The number of hydrogen-bond acceptors (Lipinski definition) is 7. The first kappa shape index (κ1) is 25.9. The fourth-order valence-corrected chi connectivity index (χ4v) is 4.67. The Morgan fingerprint density at radius 3 is 2.97 bits per heavy atom. The van der Waals surface area contributed by atoms with Gasteiger partial charge in [0.1, 0.15) is 12.4 Å². The molecule has 1 aromatic carbocycles. The maximum Gasteiger partial charge on any atom is 0.255 e. The number of nitrogens with one attached hydrogen (secondary N) is 3. The van der Waals surface area contributed by atoms with Crippen molar-refractivity contribution in [1.82, 2.24) is 15.6 Å². The van der Waals surface area contributed by atoms with Crippen LogP contribution in [0.25, 0.3) is 0 Å². The van der Waals surface area contributed by atoms with Crippen LogP contribution in [0.1, 0.15) is 38.2 Å². The van der Waals surface area contributed by atoms with Crippen molar-refractivity contribution >= 4 is 23.2 Å². The molecule has 4 rings (SSSR count). The molecule has 0 bridgehead atoms. The van der Waals surface area contributed by atoms with Gasteiger partial charge in [0, 0.05) is 48.8 Å². The molecule has 2 aromatic rings. The summed E-state index contributed by atoms with van der Waals surface area (Å²) < 4.78 is 17.3. The zero-order valence-corrected chi connectivity index (χ0v) is 21.5. The lowest BCUT2D eigenvalue weighted by Gasteiger charge is -2.28. The highest BCUT2D eigenvalue weighted by Gasteiger charge is 2.27.